The van der Waals surface area contributed by atoms with Gasteiger partial charge < -0.3 is 14.8 Å². The smallest absolute Gasteiger partial charge is 0.309 e. The number of esters is 1. The number of carbonyl (C=O) groups excluding carboxylic acids is 1. The Kier molecular flexibility index (Phi) is 2.55. The molecule has 0 amide bonds. The first-order valence-corrected chi connectivity index (χ1v) is 5.16. The number of hydrogen-bond acceptors (Lipinski definition) is 4. The number of rotatable bonds is 1. The van der Waals surface area contributed by atoms with Crippen LogP contribution in [0.3, 0.4) is 0 Å². The quantitative estimate of drug-likeness (QED) is 0.676. The zero-order valence-corrected chi connectivity index (χ0v) is 8.95. The van der Waals surface area contributed by atoms with Crippen LogP contribution in [0.25, 0.3) is 0 Å². The van der Waals surface area contributed by atoms with Crippen molar-refractivity contribution in [1.82, 2.24) is 4.98 Å². The predicted molar refractivity (Wildman–Crippen MR) is 55.7 cm³/mol. The molecule has 0 aromatic carbocycles. The van der Waals surface area contributed by atoms with E-state index in [-0.39, 0.29) is 18.6 Å². The van der Waals surface area contributed by atoms with Gasteiger partial charge in [0.1, 0.15) is 12.2 Å². The van der Waals surface area contributed by atoms with Gasteiger partial charge in [0.2, 0.25) is 0 Å². The Hall–Kier alpha value is -1.62. The lowest BCUT2D eigenvalue weighted by Gasteiger charge is -2.24. The predicted octanol–water partition coefficient (Wildman–Crippen LogP) is 0.419. The molecular weight excluding hydrogens is 210 g/mol. The van der Waals surface area contributed by atoms with Crippen LogP contribution in [0.4, 0.5) is 0 Å². The topological polar surface area (TPSA) is 79.4 Å². The third kappa shape index (κ3) is 1.63. The molecule has 2 N–H and O–H groups in total. The van der Waals surface area contributed by atoms with E-state index in [2.05, 4.69) is 4.98 Å². The van der Waals surface area contributed by atoms with Gasteiger partial charge in [0.25, 0.3) is 5.56 Å². The van der Waals surface area contributed by atoms with E-state index in [4.69, 9.17) is 4.74 Å². The Balaban J connectivity index is 2.63. The molecule has 86 valence electrons. The van der Waals surface area contributed by atoms with Crippen molar-refractivity contribution in [2.24, 2.45) is 0 Å². The monoisotopic (exact) mass is 223 g/mol. The summed E-state index contributed by atoms with van der Waals surface area (Å²) < 4.78 is 4.89. The average molecular weight is 223 g/mol. The molecule has 1 aromatic heterocycles. The van der Waals surface area contributed by atoms with Crippen molar-refractivity contribution < 1.29 is 14.6 Å². The van der Waals surface area contributed by atoms with Gasteiger partial charge in [0, 0.05) is 6.20 Å². The first-order valence-electron chi connectivity index (χ1n) is 5.16. The van der Waals surface area contributed by atoms with E-state index >= 15 is 0 Å². The van der Waals surface area contributed by atoms with Crippen molar-refractivity contribution in [1.29, 1.82) is 0 Å². The van der Waals surface area contributed by atoms with E-state index in [0.29, 0.717) is 17.5 Å². The van der Waals surface area contributed by atoms with Gasteiger partial charge in [-0.1, -0.05) is 6.92 Å². The van der Waals surface area contributed by atoms with E-state index in [0.717, 1.165) is 0 Å². The second kappa shape index (κ2) is 3.75. The van der Waals surface area contributed by atoms with Crippen LogP contribution in [0.1, 0.15) is 30.9 Å². The Morgan fingerprint density at radius 1 is 1.56 bits per heavy atom. The standard InChI is InChI=1S/C11H13NO4/c1-2-11(15)5-9(13)16-6-7-8(11)3-4-12-10(7)14/h3-4,15H,2,5-6H2,1H3,(H,12,14). The van der Waals surface area contributed by atoms with E-state index < -0.39 is 11.6 Å². The molecule has 0 bridgehead atoms. The molecule has 16 heavy (non-hydrogen) atoms. The minimum absolute atomic E-state index is 0.0767. The van der Waals surface area contributed by atoms with Gasteiger partial charge >= 0.3 is 5.97 Å². The molecule has 1 aliphatic heterocycles. The maximum Gasteiger partial charge on any atom is 0.309 e. The van der Waals surface area contributed by atoms with Gasteiger partial charge in [0.05, 0.1) is 12.0 Å². The zero-order chi connectivity index (χ0) is 11.8. The molecule has 0 saturated carbocycles. The summed E-state index contributed by atoms with van der Waals surface area (Å²) in [4.78, 5) is 25.4. The highest BCUT2D eigenvalue weighted by Crippen LogP contribution is 2.32. The molecule has 0 spiro atoms. The Bertz CT molecular complexity index is 479. The van der Waals surface area contributed by atoms with Crippen molar-refractivity contribution in [3.8, 4) is 0 Å². The lowest BCUT2D eigenvalue weighted by molar-refractivity contribution is -0.149. The van der Waals surface area contributed by atoms with Crippen LogP contribution in [-0.2, 0) is 21.7 Å². The maximum absolute atomic E-state index is 11.6. The normalized spacial score (nSPS) is 24.5. The molecule has 0 fully saturated rings. The highest BCUT2D eigenvalue weighted by molar-refractivity contribution is 5.72. The Morgan fingerprint density at radius 2 is 2.31 bits per heavy atom. The number of cyclic esters (lactones) is 1. The molecule has 2 rings (SSSR count). The summed E-state index contributed by atoms with van der Waals surface area (Å²) in [6.45, 7) is 1.69. The van der Waals surface area contributed by atoms with Crippen LogP contribution in [-0.4, -0.2) is 16.1 Å². The summed E-state index contributed by atoms with van der Waals surface area (Å²) in [7, 11) is 0. The lowest BCUT2D eigenvalue weighted by atomic mass is 9.86. The number of aliphatic hydroxyl groups is 1. The van der Waals surface area contributed by atoms with E-state index in [1.54, 1.807) is 13.0 Å². The van der Waals surface area contributed by atoms with E-state index in [1.165, 1.54) is 6.20 Å². The summed E-state index contributed by atoms with van der Waals surface area (Å²) in [6, 6.07) is 1.63. The first-order chi connectivity index (χ1) is 7.57. The number of aromatic nitrogens is 1. The van der Waals surface area contributed by atoms with E-state index in [9.17, 15) is 14.7 Å². The third-order valence-corrected chi connectivity index (χ3v) is 2.96. The van der Waals surface area contributed by atoms with Crippen molar-refractivity contribution >= 4 is 5.97 Å². The molecule has 1 unspecified atom stereocenters. The number of ether oxygens (including phenoxy) is 1. The van der Waals surface area contributed by atoms with Gasteiger partial charge in [-0.05, 0) is 18.1 Å². The summed E-state index contributed by atoms with van der Waals surface area (Å²) in [5, 5.41) is 10.4. The molecule has 0 aliphatic carbocycles. The van der Waals surface area contributed by atoms with Gasteiger partial charge in [0.15, 0.2) is 0 Å². The summed E-state index contributed by atoms with van der Waals surface area (Å²) in [6.07, 6.45) is 1.72. The van der Waals surface area contributed by atoms with Crippen molar-refractivity contribution in [3.63, 3.8) is 0 Å². The molecule has 5 nitrogen and oxygen atoms in total. The van der Waals surface area contributed by atoms with Crippen LogP contribution < -0.4 is 5.56 Å². The molecule has 0 saturated heterocycles. The largest absolute Gasteiger partial charge is 0.460 e. The highest BCUT2D eigenvalue weighted by Gasteiger charge is 2.36. The van der Waals surface area contributed by atoms with Crippen LogP contribution >= 0.6 is 0 Å². The van der Waals surface area contributed by atoms with E-state index in [1.807, 2.05) is 0 Å². The second-order valence-corrected chi connectivity index (χ2v) is 3.92. The van der Waals surface area contributed by atoms with Crippen LogP contribution in [0.2, 0.25) is 0 Å². The Morgan fingerprint density at radius 3 is 3.00 bits per heavy atom. The number of fused-ring (bicyclic) bond motifs is 1. The zero-order valence-electron chi connectivity index (χ0n) is 8.95. The number of pyridine rings is 1. The van der Waals surface area contributed by atoms with Crippen molar-refractivity contribution in [2.45, 2.75) is 32.0 Å². The number of nitrogens with one attached hydrogen (secondary N) is 1. The summed E-state index contributed by atoms with van der Waals surface area (Å²) >= 11 is 0. The van der Waals surface area contributed by atoms with Gasteiger partial charge in [-0.25, -0.2) is 0 Å². The minimum Gasteiger partial charge on any atom is -0.460 e. The summed E-state index contributed by atoms with van der Waals surface area (Å²) in [5.41, 5.74) is -0.793. The van der Waals surface area contributed by atoms with Crippen LogP contribution in [0.15, 0.2) is 17.1 Å². The highest BCUT2D eigenvalue weighted by atomic mass is 16.5. The molecule has 0 radical (unpaired) electrons. The fourth-order valence-corrected chi connectivity index (χ4v) is 1.94. The fourth-order valence-electron chi connectivity index (χ4n) is 1.94. The molecule has 2 heterocycles. The number of aromatic amines is 1. The third-order valence-electron chi connectivity index (χ3n) is 2.96. The molecule has 1 atom stereocenters. The van der Waals surface area contributed by atoms with Crippen LogP contribution in [0.5, 0.6) is 0 Å². The first kappa shape index (κ1) is 10.9. The fraction of sp³-hybridized carbons (Fsp3) is 0.455. The van der Waals surface area contributed by atoms with Crippen molar-refractivity contribution in [2.75, 3.05) is 0 Å². The van der Waals surface area contributed by atoms with Crippen LogP contribution in [0, 0.1) is 0 Å². The summed E-state index contributed by atoms with van der Waals surface area (Å²) in [5.74, 6) is -0.486. The maximum atomic E-state index is 11.6. The number of hydrogen-bond donors (Lipinski definition) is 2. The van der Waals surface area contributed by atoms with Crippen molar-refractivity contribution in [3.05, 3.63) is 33.7 Å². The second-order valence-electron chi connectivity index (χ2n) is 3.92. The number of carbonyl (C=O) groups is 1. The molecule has 1 aromatic rings. The molecule has 5 heteroatoms. The van der Waals surface area contributed by atoms with Gasteiger partial charge in [-0.15, -0.1) is 0 Å². The minimum atomic E-state index is -1.29. The van der Waals surface area contributed by atoms with Gasteiger partial charge in [-0.3, -0.25) is 9.59 Å². The lowest BCUT2D eigenvalue weighted by Crippen LogP contribution is -2.29. The average Bonchev–Trinajstić information content (AvgIpc) is 2.38. The molecule has 1 aliphatic rings. The molecular formula is C11H13NO4. The Labute approximate surface area is 92.1 Å². The van der Waals surface area contributed by atoms with Gasteiger partial charge in [-0.2, -0.15) is 0 Å². The number of H-pyrrole nitrogens is 1. The SMILES string of the molecule is CCC1(O)CC(=O)OCc2c1cc[nH]c2=O.